The lowest BCUT2D eigenvalue weighted by atomic mass is 10.3. The van der Waals surface area contributed by atoms with Gasteiger partial charge in [-0.25, -0.2) is 0 Å². The summed E-state index contributed by atoms with van der Waals surface area (Å²) in [6.07, 6.45) is -1.61. The Morgan fingerprint density at radius 1 is 1.43 bits per heavy atom. The van der Waals surface area contributed by atoms with E-state index in [2.05, 4.69) is 0 Å². The van der Waals surface area contributed by atoms with E-state index in [1.54, 1.807) is 0 Å². The molecule has 0 aromatic heterocycles. The van der Waals surface area contributed by atoms with E-state index >= 15 is 0 Å². The highest BCUT2D eigenvalue weighted by molar-refractivity contribution is 4.57. The summed E-state index contributed by atoms with van der Waals surface area (Å²) in [5.41, 5.74) is 4.87. The Morgan fingerprint density at radius 3 is 1.86 bits per heavy atom. The van der Waals surface area contributed by atoms with E-state index in [0.717, 1.165) is 0 Å². The predicted molar refractivity (Wildman–Crippen MR) is 23.3 cm³/mol. The summed E-state index contributed by atoms with van der Waals surface area (Å²) in [4.78, 5) is 0. The van der Waals surface area contributed by atoms with Gasteiger partial charge >= 0.3 is 0 Å². The molecule has 7 heavy (non-hydrogen) atoms. The molecule has 0 rings (SSSR count). The van der Waals surface area contributed by atoms with Crippen molar-refractivity contribution in [3.8, 4) is 0 Å². The molecule has 0 aliphatic rings. The minimum Gasteiger partial charge on any atom is -0.395 e. The molecule has 5 N–H and O–H groups in total. The summed E-state index contributed by atoms with van der Waals surface area (Å²) < 4.78 is 0. The van der Waals surface area contributed by atoms with Crippen molar-refractivity contribution in [2.24, 2.45) is 5.73 Å². The van der Waals surface area contributed by atoms with Crippen LogP contribution >= 0.6 is 0 Å². The Labute approximate surface area is 41.2 Å². The van der Waals surface area contributed by atoms with Crippen LogP contribution in [0.25, 0.3) is 0 Å². The fraction of sp³-hybridized carbons (Fsp3) is 1.00. The minimum atomic E-state index is -1.61. The molecule has 4 heteroatoms. The molecule has 0 fully saturated rings. The summed E-state index contributed by atoms with van der Waals surface area (Å²) >= 11 is 0. The van der Waals surface area contributed by atoms with Crippen molar-refractivity contribution in [3.05, 3.63) is 0 Å². The topological polar surface area (TPSA) is 86.7 Å². The quantitative estimate of drug-likeness (QED) is 0.297. The highest BCUT2D eigenvalue weighted by atomic mass is 16.5. The van der Waals surface area contributed by atoms with Crippen molar-refractivity contribution in [1.29, 1.82) is 0 Å². The van der Waals surface area contributed by atoms with Crippen LogP contribution in [0.1, 0.15) is 0 Å². The van der Waals surface area contributed by atoms with Crippen molar-refractivity contribution in [2.45, 2.75) is 12.3 Å². The molecule has 4 nitrogen and oxygen atoms in total. The van der Waals surface area contributed by atoms with E-state index < -0.39 is 18.9 Å². The average molecular weight is 107 g/mol. The van der Waals surface area contributed by atoms with Crippen LogP contribution in [-0.2, 0) is 0 Å². The van der Waals surface area contributed by atoms with Gasteiger partial charge in [-0.1, -0.05) is 0 Å². The highest BCUT2D eigenvalue weighted by Gasteiger charge is 2.06. The van der Waals surface area contributed by atoms with Gasteiger partial charge in [0.15, 0.2) is 6.29 Å². The van der Waals surface area contributed by atoms with E-state index in [1.807, 2.05) is 0 Å². The Bertz CT molecular complexity index is 47.4. The van der Waals surface area contributed by atoms with E-state index in [0.29, 0.717) is 0 Å². The Kier molecular flexibility index (Phi) is 2.86. The Morgan fingerprint density at radius 2 is 1.86 bits per heavy atom. The maximum Gasteiger partial charge on any atom is 0.169 e. The fourth-order valence-corrected chi connectivity index (χ4v) is 0.0943. The van der Waals surface area contributed by atoms with Gasteiger partial charge in [-0.15, -0.1) is 0 Å². The molecule has 1 atom stereocenters. The van der Waals surface area contributed by atoms with Crippen LogP contribution in [0, 0.1) is 0 Å². The second-order valence-electron chi connectivity index (χ2n) is 1.26. The third-order valence-corrected chi connectivity index (χ3v) is 0.594. The first-order valence-electron chi connectivity index (χ1n) is 1.91. The van der Waals surface area contributed by atoms with Crippen LogP contribution in [-0.4, -0.2) is 34.3 Å². The van der Waals surface area contributed by atoms with Crippen LogP contribution in [0.4, 0.5) is 0 Å². The Hall–Kier alpha value is -0.160. The van der Waals surface area contributed by atoms with Crippen molar-refractivity contribution in [1.82, 2.24) is 0 Å². The zero-order chi connectivity index (χ0) is 5.86. The lowest BCUT2D eigenvalue weighted by molar-refractivity contribution is -0.0680. The van der Waals surface area contributed by atoms with Gasteiger partial charge in [-0.05, 0) is 0 Å². The van der Waals surface area contributed by atoms with Crippen molar-refractivity contribution in [3.63, 3.8) is 0 Å². The molecule has 0 radical (unpaired) electrons. The molecule has 0 saturated heterocycles. The first-order chi connectivity index (χ1) is 3.18. The molecule has 0 saturated carbocycles. The molecule has 0 heterocycles. The van der Waals surface area contributed by atoms with Gasteiger partial charge in [0.1, 0.15) is 0 Å². The largest absolute Gasteiger partial charge is 0.395 e. The lowest BCUT2D eigenvalue weighted by Gasteiger charge is -2.07. The SMILES string of the molecule is N[C@@H](CO)C(O)O. The van der Waals surface area contributed by atoms with E-state index in [9.17, 15) is 0 Å². The van der Waals surface area contributed by atoms with E-state index in [1.165, 1.54) is 0 Å². The van der Waals surface area contributed by atoms with Crippen LogP contribution in [0.3, 0.4) is 0 Å². The molecular formula is C3H9NO3. The standard InChI is InChI=1S/C3H9NO3/c4-2(1-5)3(6)7/h2-3,5-7H,1,4H2/t2-/m0/s1. The molecule has 0 unspecified atom stereocenters. The molecule has 0 spiro atoms. The number of rotatable bonds is 2. The minimum absolute atomic E-state index is 0.405. The first kappa shape index (κ1) is 6.84. The van der Waals surface area contributed by atoms with Crippen molar-refractivity contribution in [2.75, 3.05) is 6.61 Å². The molecule has 0 amide bonds. The molecule has 0 bridgehead atoms. The number of hydrogen-bond acceptors (Lipinski definition) is 4. The summed E-state index contributed by atoms with van der Waals surface area (Å²) in [6.45, 7) is -0.405. The Balaban J connectivity index is 3.14. The molecule has 0 aromatic carbocycles. The fourth-order valence-electron chi connectivity index (χ4n) is 0.0943. The molecule has 0 aliphatic heterocycles. The third kappa shape index (κ3) is 2.52. The van der Waals surface area contributed by atoms with Gasteiger partial charge in [-0.2, -0.15) is 0 Å². The second kappa shape index (κ2) is 2.92. The van der Waals surface area contributed by atoms with Gasteiger partial charge in [0, 0.05) is 0 Å². The summed E-state index contributed by atoms with van der Waals surface area (Å²) in [6, 6.07) is -0.931. The van der Waals surface area contributed by atoms with Gasteiger partial charge in [0.25, 0.3) is 0 Å². The normalized spacial score (nSPS) is 15.0. The van der Waals surface area contributed by atoms with Crippen molar-refractivity contribution >= 4 is 0 Å². The number of aliphatic hydroxyl groups excluding tert-OH is 2. The van der Waals surface area contributed by atoms with Crippen LogP contribution < -0.4 is 5.73 Å². The molecule has 0 aromatic rings. The van der Waals surface area contributed by atoms with Crippen LogP contribution in [0.5, 0.6) is 0 Å². The number of hydrogen-bond donors (Lipinski definition) is 4. The van der Waals surface area contributed by atoms with E-state index in [4.69, 9.17) is 21.1 Å². The first-order valence-corrected chi connectivity index (χ1v) is 1.91. The zero-order valence-corrected chi connectivity index (χ0v) is 3.78. The summed E-state index contributed by atoms with van der Waals surface area (Å²) in [5.74, 6) is 0. The van der Waals surface area contributed by atoms with Crippen molar-refractivity contribution < 1.29 is 15.3 Å². The van der Waals surface area contributed by atoms with E-state index in [-0.39, 0.29) is 0 Å². The third-order valence-electron chi connectivity index (χ3n) is 0.594. The summed E-state index contributed by atoms with van der Waals surface area (Å²) in [5, 5.41) is 24.2. The second-order valence-corrected chi connectivity index (χ2v) is 1.26. The smallest absolute Gasteiger partial charge is 0.169 e. The number of nitrogens with two attached hydrogens (primary N) is 1. The van der Waals surface area contributed by atoms with Gasteiger partial charge < -0.3 is 21.1 Å². The van der Waals surface area contributed by atoms with Gasteiger partial charge in [0.2, 0.25) is 0 Å². The highest BCUT2D eigenvalue weighted by Crippen LogP contribution is 1.79. The molecular weight excluding hydrogens is 98.0 g/mol. The van der Waals surface area contributed by atoms with Gasteiger partial charge in [-0.3, -0.25) is 0 Å². The molecule has 0 aliphatic carbocycles. The van der Waals surface area contributed by atoms with Crippen LogP contribution in [0.2, 0.25) is 0 Å². The summed E-state index contributed by atoms with van der Waals surface area (Å²) in [7, 11) is 0. The maximum atomic E-state index is 8.09. The maximum absolute atomic E-state index is 8.09. The van der Waals surface area contributed by atoms with Gasteiger partial charge in [0.05, 0.1) is 12.6 Å². The van der Waals surface area contributed by atoms with Crippen LogP contribution in [0.15, 0.2) is 0 Å². The lowest BCUT2D eigenvalue weighted by Crippen LogP contribution is -2.37. The predicted octanol–water partition coefficient (Wildman–Crippen LogP) is -2.38. The average Bonchev–Trinajstić information content (AvgIpc) is 1.65. The molecule has 44 valence electrons. The zero-order valence-electron chi connectivity index (χ0n) is 3.78. The monoisotopic (exact) mass is 107 g/mol. The number of aliphatic hydroxyl groups is 3.